The van der Waals surface area contributed by atoms with Gasteiger partial charge in [-0.1, -0.05) is 6.07 Å². The molecule has 2 saturated heterocycles. The Morgan fingerprint density at radius 1 is 1.17 bits per heavy atom. The molecular weight excluding hydrogens is 382 g/mol. The average molecular weight is 409 g/mol. The van der Waals surface area contributed by atoms with Crippen molar-refractivity contribution in [2.24, 2.45) is 5.41 Å². The van der Waals surface area contributed by atoms with E-state index in [0.717, 1.165) is 17.8 Å². The highest BCUT2D eigenvalue weighted by molar-refractivity contribution is 5.87. The van der Waals surface area contributed by atoms with E-state index in [4.69, 9.17) is 0 Å². The number of aromatic nitrogens is 3. The molecule has 0 N–H and O–H groups in total. The molecule has 0 aromatic carbocycles. The third kappa shape index (κ3) is 3.86. The van der Waals surface area contributed by atoms with Crippen LogP contribution in [0.4, 0.5) is 0 Å². The molecule has 4 rings (SSSR count). The summed E-state index contributed by atoms with van der Waals surface area (Å²) >= 11 is 0. The summed E-state index contributed by atoms with van der Waals surface area (Å²) in [6.07, 6.45) is 3.43. The summed E-state index contributed by atoms with van der Waals surface area (Å²) in [6, 6.07) is 7.54. The molecule has 2 aliphatic heterocycles. The molecule has 2 aliphatic rings. The quantitative estimate of drug-likeness (QED) is 0.743. The summed E-state index contributed by atoms with van der Waals surface area (Å²) in [5, 5.41) is 0. The van der Waals surface area contributed by atoms with Crippen molar-refractivity contribution in [3.63, 3.8) is 0 Å². The molecule has 2 amide bonds. The number of carbonyl (C=O) groups is 2. The van der Waals surface area contributed by atoms with E-state index in [9.17, 15) is 14.4 Å². The van der Waals surface area contributed by atoms with Crippen molar-refractivity contribution >= 4 is 11.8 Å². The molecule has 0 saturated carbocycles. The molecule has 0 aliphatic carbocycles. The SMILES string of the molecule is Cc1cc(C)n(CCC(=O)N2CCC3(CCN(Cc4ccccn4)C3=O)C2)c(=O)n1. The molecule has 0 bridgehead atoms. The minimum absolute atomic E-state index is 0.0188. The van der Waals surface area contributed by atoms with Crippen molar-refractivity contribution in [2.45, 2.75) is 46.2 Å². The van der Waals surface area contributed by atoms with Gasteiger partial charge in [0.25, 0.3) is 0 Å². The Morgan fingerprint density at radius 2 is 1.97 bits per heavy atom. The first-order chi connectivity index (χ1) is 14.4. The largest absolute Gasteiger partial charge is 0.347 e. The van der Waals surface area contributed by atoms with Gasteiger partial charge in [-0.3, -0.25) is 19.1 Å². The van der Waals surface area contributed by atoms with Gasteiger partial charge in [0.15, 0.2) is 0 Å². The van der Waals surface area contributed by atoms with E-state index in [1.165, 1.54) is 4.57 Å². The average Bonchev–Trinajstić information content (AvgIpc) is 3.28. The Balaban J connectivity index is 1.36. The topological polar surface area (TPSA) is 88.4 Å². The number of hydrogen-bond donors (Lipinski definition) is 0. The first-order valence-electron chi connectivity index (χ1n) is 10.4. The monoisotopic (exact) mass is 409 g/mol. The lowest BCUT2D eigenvalue weighted by Crippen LogP contribution is -2.38. The van der Waals surface area contributed by atoms with E-state index in [1.54, 1.807) is 18.0 Å². The summed E-state index contributed by atoms with van der Waals surface area (Å²) in [6.45, 7) is 6.19. The molecule has 8 nitrogen and oxygen atoms in total. The third-order valence-corrected chi connectivity index (χ3v) is 6.28. The van der Waals surface area contributed by atoms with E-state index >= 15 is 0 Å². The second-order valence-corrected chi connectivity index (χ2v) is 8.37. The fourth-order valence-electron chi connectivity index (χ4n) is 4.61. The number of likely N-dealkylation sites (tertiary alicyclic amines) is 2. The predicted octanol–water partition coefficient (Wildman–Crippen LogP) is 1.30. The van der Waals surface area contributed by atoms with Crippen molar-refractivity contribution in [1.82, 2.24) is 24.3 Å². The number of amides is 2. The lowest BCUT2D eigenvalue weighted by molar-refractivity contribution is -0.137. The molecule has 1 spiro atoms. The van der Waals surface area contributed by atoms with Gasteiger partial charge < -0.3 is 9.80 Å². The van der Waals surface area contributed by atoms with Crippen LogP contribution in [0.2, 0.25) is 0 Å². The molecule has 2 aromatic heterocycles. The van der Waals surface area contributed by atoms with Gasteiger partial charge in [-0.05, 0) is 44.9 Å². The molecule has 8 heteroatoms. The summed E-state index contributed by atoms with van der Waals surface area (Å²) in [5.41, 5.74) is 1.56. The normalized spacial score (nSPS) is 21.1. The van der Waals surface area contributed by atoms with E-state index in [0.29, 0.717) is 44.8 Å². The summed E-state index contributed by atoms with van der Waals surface area (Å²) in [7, 11) is 0. The van der Waals surface area contributed by atoms with Crippen LogP contribution in [0.5, 0.6) is 0 Å². The summed E-state index contributed by atoms with van der Waals surface area (Å²) in [5.74, 6) is 0.105. The number of pyridine rings is 1. The maximum absolute atomic E-state index is 13.1. The number of carbonyl (C=O) groups excluding carboxylic acids is 2. The van der Waals surface area contributed by atoms with Crippen LogP contribution < -0.4 is 5.69 Å². The zero-order chi connectivity index (χ0) is 21.3. The van der Waals surface area contributed by atoms with Gasteiger partial charge in [0.1, 0.15) is 0 Å². The van der Waals surface area contributed by atoms with Gasteiger partial charge in [-0.25, -0.2) is 4.79 Å². The van der Waals surface area contributed by atoms with Crippen molar-refractivity contribution in [3.05, 3.63) is 58.0 Å². The van der Waals surface area contributed by atoms with Crippen molar-refractivity contribution in [3.8, 4) is 0 Å². The van der Waals surface area contributed by atoms with Crippen LogP contribution in [0.3, 0.4) is 0 Å². The first-order valence-corrected chi connectivity index (χ1v) is 10.4. The van der Waals surface area contributed by atoms with Crippen LogP contribution in [-0.4, -0.2) is 55.8 Å². The minimum atomic E-state index is -0.470. The Hall–Kier alpha value is -3.03. The van der Waals surface area contributed by atoms with Gasteiger partial charge >= 0.3 is 5.69 Å². The van der Waals surface area contributed by atoms with E-state index in [1.807, 2.05) is 36.1 Å². The van der Waals surface area contributed by atoms with Crippen LogP contribution >= 0.6 is 0 Å². The molecular formula is C22H27N5O3. The van der Waals surface area contributed by atoms with Crippen LogP contribution in [-0.2, 0) is 22.7 Å². The molecule has 4 heterocycles. The molecule has 1 atom stereocenters. The fraction of sp³-hybridized carbons (Fsp3) is 0.500. The zero-order valence-corrected chi connectivity index (χ0v) is 17.5. The number of aryl methyl sites for hydroxylation is 2. The van der Waals surface area contributed by atoms with Crippen LogP contribution in [0.15, 0.2) is 35.3 Å². The number of rotatable bonds is 5. The molecule has 0 radical (unpaired) electrons. The van der Waals surface area contributed by atoms with Gasteiger partial charge in [-0.15, -0.1) is 0 Å². The van der Waals surface area contributed by atoms with Gasteiger partial charge in [0.2, 0.25) is 11.8 Å². The standard InChI is InChI=1S/C22H27N5O3/c1-16-13-17(2)27(21(30)24-16)10-6-19(28)26-12-8-22(15-26)7-11-25(20(22)29)14-18-5-3-4-9-23-18/h3-5,9,13H,6-8,10-12,14-15H2,1-2H3. The van der Waals surface area contributed by atoms with E-state index in [-0.39, 0.29) is 23.9 Å². The molecule has 158 valence electrons. The Kier molecular flexibility index (Phi) is 5.40. The molecule has 2 fully saturated rings. The first kappa shape index (κ1) is 20.3. The Morgan fingerprint density at radius 3 is 2.70 bits per heavy atom. The van der Waals surface area contributed by atoms with Crippen LogP contribution in [0.1, 0.15) is 36.3 Å². The highest BCUT2D eigenvalue weighted by Crippen LogP contribution is 2.41. The minimum Gasteiger partial charge on any atom is -0.342 e. The highest BCUT2D eigenvalue weighted by atomic mass is 16.2. The Labute approximate surface area is 175 Å². The molecule has 30 heavy (non-hydrogen) atoms. The molecule has 2 aromatic rings. The zero-order valence-electron chi connectivity index (χ0n) is 17.5. The Bertz CT molecular complexity index is 1020. The third-order valence-electron chi connectivity index (χ3n) is 6.28. The van der Waals surface area contributed by atoms with Gasteiger partial charge in [-0.2, -0.15) is 4.98 Å². The smallest absolute Gasteiger partial charge is 0.342 e. The number of nitrogens with zero attached hydrogens (tertiary/aromatic N) is 5. The van der Waals surface area contributed by atoms with Gasteiger partial charge in [0.05, 0.1) is 17.7 Å². The second kappa shape index (κ2) is 8.01. The van der Waals surface area contributed by atoms with E-state index in [2.05, 4.69) is 9.97 Å². The maximum Gasteiger partial charge on any atom is 0.347 e. The highest BCUT2D eigenvalue weighted by Gasteiger charge is 2.51. The van der Waals surface area contributed by atoms with E-state index < -0.39 is 5.41 Å². The van der Waals surface area contributed by atoms with Crippen molar-refractivity contribution in [2.75, 3.05) is 19.6 Å². The lowest BCUT2D eigenvalue weighted by Gasteiger charge is -2.23. The van der Waals surface area contributed by atoms with Crippen molar-refractivity contribution < 1.29 is 9.59 Å². The second-order valence-electron chi connectivity index (χ2n) is 8.37. The summed E-state index contributed by atoms with van der Waals surface area (Å²) < 4.78 is 1.53. The predicted molar refractivity (Wildman–Crippen MR) is 110 cm³/mol. The number of hydrogen-bond acceptors (Lipinski definition) is 5. The maximum atomic E-state index is 13.1. The van der Waals surface area contributed by atoms with Crippen LogP contribution in [0, 0.1) is 19.3 Å². The van der Waals surface area contributed by atoms with Crippen LogP contribution in [0.25, 0.3) is 0 Å². The summed E-state index contributed by atoms with van der Waals surface area (Å²) in [4.78, 5) is 49.9. The lowest BCUT2D eigenvalue weighted by atomic mass is 9.85. The van der Waals surface area contributed by atoms with Crippen molar-refractivity contribution in [1.29, 1.82) is 0 Å². The molecule has 1 unspecified atom stereocenters. The van der Waals surface area contributed by atoms with Gasteiger partial charge in [0, 0.05) is 50.2 Å². The fourth-order valence-corrected chi connectivity index (χ4v) is 4.61.